The van der Waals surface area contributed by atoms with Gasteiger partial charge >= 0.3 is 5.97 Å². The number of nitrogens with one attached hydrogen (secondary N) is 1. The van der Waals surface area contributed by atoms with E-state index in [9.17, 15) is 4.79 Å². The molecule has 4 nitrogen and oxygen atoms in total. The summed E-state index contributed by atoms with van der Waals surface area (Å²) >= 11 is 0. The van der Waals surface area contributed by atoms with Crippen LogP contribution in [0.2, 0.25) is 0 Å². The Hall–Kier alpha value is -1.03. The van der Waals surface area contributed by atoms with E-state index in [0.717, 1.165) is 5.70 Å². The van der Waals surface area contributed by atoms with Crippen molar-refractivity contribution in [3.8, 4) is 0 Å². The third-order valence-electron chi connectivity index (χ3n) is 1.85. The molecule has 0 saturated carbocycles. The van der Waals surface area contributed by atoms with Crippen LogP contribution in [0.5, 0.6) is 0 Å². The average Bonchev–Trinajstić information content (AvgIpc) is 2.30. The van der Waals surface area contributed by atoms with E-state index in [2.05, 4.69) is 5.43 Å². The van der Waals surface area contributed by atoms with Crippen molar-refractivity contribution in [3.63, 3.8) is 0 Å². The Morgan fingerprint density at radius 3 is 2.58 bits per heavy atom. The van der Waals surface area contributed by atoms with Gasteiger partial charge < -0.3 is 10.1 Å². The maximum Gasteiger partial charge on any atom is 0.326 e. The SMILES string of the molecule is CC1=C[C@@H](C(=O)O)NN1C(C)C. The minimum Gasteiger partial charge on any atom is -0.480 e. The molecule has 0 spiro atoms. The highest BCUT2D eigenvalue weighted by Gasteiger charge is 2.26. The zero-order chi connectivity index (χ0) is 9.30. The predicted octanol–water partition coefficient (Wildman–Crippen LogP) is 0.572. The molecule has 0 fully saturated rings. The number of hydrogen-bond donors (Lipinski definition) is 2. The Bertz CT molecular complexity index is 223. The van der Waals surface area contributed by atoms with Crippen LogP contribution in [0, 0.1) is 0 Å². The van der Waals surface area contributed by atoms with Crippen molar-refractivity contribution in [1.82, 2.24) is 10.4 Å². The Kier molecular flexibility index (Phi) is 2.38. The van der Waals surface area contributed by atoms with E-state index < -0.39 is 12.0 Å². The Morgan fingerprint density at radius 2 is 2.33 bits per heavy atom. The van der Waals surface area contributed by atoms with Gasteiger partial charge in [0, 0.05) is 11.7 Å². The molecular formula is C8H14N2O2. The third-order valence-corrected chi connectivity index (χ3v) is 1.85. The summed E-state index contributed by atoms with van der Waals surface area (Å²) in [6.45, 7) is 5.92. The fourth-order valence-electron chi connectivity index (χ4n) is 1.29. The smallest absolute Gasteiger partial charge is 0.326 e. The first kappa shape index (κ1) is 9.06. The van der Waals surface area contributed by atoms with Crippen LogP contribution in [0.3, 0.4) is 0 Å². The van der Waals surface area contributed by atoms with E-state index in [-0.39, 0.29) is 6.04 Å². The predicted molar refractivity (Wildman–Crippen MR) is 45.3 cm³/mol. The molecule has 1 atom stereocenters. The molecule has 0 aromatic carbocycles. The molecule has 12 heavy (non-hydrogen) atoms. The average molecular weight is 170 g/mol. The molecule has 0 radical (unpaired) electrons. The van der Waals surface area contributed by atoms with Crippen molar-refractivity contribution in [2.75, 3.05) is 0 Å². The number of hydrogen-bond acceptors (Lipinski definition) is 3. The van der Waals surface area contributed by atoms with E-state index in [4.69, 9.17) is 5.11 Å². The maximum atomic E-state index is 10.6. The monoisotopic (exact) mass is 170 g/mol. The molecule has 1 aliphatic heterocycles. The normalized spacial score (nSPS) is 23.2. The summed E-state index contributed by atoms with van der Waals surface area (Å²) in [4.78, 5) is 10.6. The number of carbonyl (C=O) groups is 1. The molecule has 0 bridgehead atoms. The van der Waals surface area contributed by atoms with Gasteiger partial charge in [0.1, 0.15) is 6.04 Å². The number of carboxylic acid groups (broad SMARTS) is 1. The van der Waals surface area contributed by atoms with Crippen LogP contribution >= 0.6 is 0 Å². The van der Waals surface area contributed by atoms with Gasteiger partial charge in [-0.25, -0.2) is 5.43 Å². The minimum absolute atomic E-state index is 0.283. The number of rotatable bonds is 2. The topological polar surface area (TPSA) is 52.6 Å². The van der Waals surface area contributed by atoms with E-state index in [1.807, 2.05) is 25.8 Å². The van der Waals surface area contributed by atoms with Gasteiger partial charge in [-0.05, 0) is 26.8 Å². The van der Waals surface area contributed by atoms with Crippen molar-refractivity contribution in [2.45, 2.75) is 32.9 Å². The van der Waals surface area contributed by atoms with E-state index in [0.29, 0.717) is 0 Å². The first-order chi connectivity index (χ1) is 5.52. The Balaban J connectivity index is 2.68. The fourth-order valence-corrected chi connectivity index (χ4v) is 1.29. The molecule has 2 N–H and O–H groups in total. The number of nitrogens with zero attached hydrogens (tertiary/aromatic N) is 1. The second-order valence-electron chi connectivity index (χ2n) is 3.22. The lowest BCUT2D eigenvalue weighted by Gasteiger charge is -2.25. The van der Waals surface area contributed by atoms with Crippen molar-refractivity contribution in [3.05, 3.63) is 11.8 Å². The first-order valence-corrected chi connectivity index (χ1v) is 3.99. The highest BCUT2D eigenvalue weighted by molar-refractivity contribution is 5.76. The van der Waals surface area contributed by atoms with Crippen LogP contribution in [-0.2, 0) is 4.79 Å². The van der Waals surface area contributed by atoms with Gasteiger partial charge in [0.05, 0.1) is 0 Å². The molecule has 0 saturated heterocycles. The lowest BCUT2D eigenvalue weighted by Crippen LogP contribution is -2.44. The lowest BCUT2D eigenvalue weighted by atomic mass is 10.3. The molecule has 4 heteroatoms. The minimum atomic E-state index is -0.836. The summed E-state index contributed by atoms with van der Waals surface area (Å²) in [5.41, 5.74) is 3.85. The van der Waals surface area contributed by atoms with Crippen molar-refractivity contribution >= 4 is 5.97 Å². The summed E-state index contributed by atoms with van der Waals surface area (Å²) in [6.07, 6.45) is 1.71. The largest absolute Gasteiger partial charge is 0.480 e. The summed E-state index contributed by atoms with van der Waals surface area (Å²) in [7, 11) is 0. The van der Waals surface area contributed by atoms with E-state index in [1.54, 1.807) is 6.08 Å². The third kappa shape index (κ3) is 1.58. The summed E-state index contributed by atoms with van der Waals surface area (Å²) in [5, 5.41) is 10.6. The van der Waals surface area contributed by atoms with Gasteiger partial charge in [-0.2, -0.15) is 0 Å². The second kappa shape index (κ2) is 3.15. The van der Waals surface area contributed by atoms with Gasteiger partial charge in [-0.3, -0.25) is 4.79 Å². The van der Waals surface area contributed by atoms with Crippen LogP contribution in [0.25, 0.3) is 0 Å². The number of hydrazine groups is 1. The standard InChI is InChI=1S/C8H14N2O2/c1-5(2)10-6(3)4-7(9-10)8(11)12/h4-5,7,9H,1-3H3,(H,11,12)/t7-/m0/s1. The number of allylic oxidation sites excluding steroid dienone is 1. The number of carboxylic acids is 1. The Morgan fingerprint density at radius 1 is 1.75 bits per heavy atom. The van der Waals surface area contributed by atoms with Gasteiger partial charge in [-0.15, -0.1) is 0 Å². The zero-order valence-corrected chi connectivity index (χ0v) is 7.53. The molecule has 0 aromatic rings. The molecule has 0 aliphatic carbocycles. The van der Waals surface area contributed by atoms with Gasteiger partial charge in [-0.1, -0.05) is 0 Å². The van der Waals surface area contributed by atoms with Crippen molar-refractivity contribution < 1.29 is 9.90 Å². The molecule has 68 valence electrons. The molecule has 1 aliphatic rings. The quantitative estimate of drug-likeness (QED) is 0.636. The van der Waals surface area contributed by atoms with E-state index >= 15 is 0 Å². The molecular weight excluding hydrogens is 156 g/mol. The zero-order valence-electron chi connectivity index (χ0n) is 7.53. The van der Waals surface area contributed by atoms with Crippen LogP contribution in [0.4, 0.5) is 0 Å². The highest BCUT2D eigenvalue weighted by Crippen LogP contribution is 2.14. The van der Waals surface area contributed by atoms with Crippen molar-refractivity contribution in [2.24, 2.45) is 0 Å². The van der Waals surface area contributed by atoms with E-state index in [1.165, 1.54) is 0 Å². The molecule has 0 amide bonds. The lowest BCUT2D eigenvalue weighted by molar-refractivity contribution is -0.138. The van der Waals surface area contributed by atoms with Crippen LogP contribution in [0.15, 0.2) is 11.8 Å². The van der Waals surface area contributed by atoms with Crippen LogP contribution < -0.4 is 5.43 Å². The molecule has 1 heterocycles. The summed E-state index contributed by atoms with van der Waals surface area (Å²) in [5.74, 6) is -0.836. The van der Waals surface area contributed by atoms with Crippen molar-refractivity contribution in [1.29, 1.82) is 0 Å². The molecule has 0 aromatic heterocycles. The van der Waals surface area contributed by atoms with Gasteiger partial charge in [0.2, 0.25) is 0 Å². The molecule has 1 rings (SSSR count). The Labute approximate surface area is 71.8 Å². The maximum absolute atomic E-state index is 10.6. The fraction of sp³-hybridized carbons (Fsp3) is 0.625. The van der Waals surface area contributed by atoms with Gasteiger partial charge in [0.25, 0.3) is 0 Å². The first-order valence-electron chi connectivity index (χ1n) is 3.99. The second-order valence-corrected chi connectivity index (χ2v) is 3.22. The molecule has 0 unspecified atom stereocenters. The van der Waals surface area contributed by atoms with Gasteiger partial charge in [0.15, 0.2) is 0 Å². The van der Waals surface area contributed by atoms with Crippen LogP contribution in [-0.4, -0.2) is 28.2 Å². The number of aliphatic carboxylic acids is 1. The summed E-state index contributed by atoms with van der Waals surface area (Å²) in [6, 6.07) is -0.280. The highest BCUT2D eigenvalue weighted by atomic mass is 16.4. The van der Waals surface area contributed by atoms with Crippen LogP contribution in [0.1, 0.15) is 20.8 Å². The summed E-state index contributed by atoms with van der Waals surface area (Å²) < 4.78 is 0.